The second-order valence-electron chi connectivity index (χ2n) is 5.83. The molecule has 3 aromatic rings. The van der Waals surface area contributed by atoms with E-state index in [4.69, 9.17) is 0 Å². The summed E-state index contributed by atoms with van der Waals surface area (Å²) in [5.74, 6) is -0.271. The summed E-state index contributed by atoms with van der Waals surface area (Å²) < 4.78 is 0. The van der Waals surface area contributed by atoms with Crippen LogP contribution in [0.1, 0.15) is 20.7 Å². The van der Waals surface area contributed by atoms with Crippen LogP contribution in [-0.4, -0.2) is 23.8 Å². The molecule has 0 saturated carbocycles. The number of nitrogens with one attached hydrogen (secondary N) is 1. The lowest BCUT2D eigenvalue weighted by atomic mass is 10.2. The molecule has 0 saturated heterocycles. The quantitative estimate of drug-likeness (QED) is 0.747. The molecular formula is C20H15N3O2S. The highest BCUT2D eigenvalue weighted by Crippen LogP contribution is 2.41. The Labute approximate surface area is 155 Å². The number of nitrogens with zero attached hydrogens (tertiary/aromatic N) is 2. The van der Waals surface area contributed by atoms with Gasteiger partial charge < -0.3 is 10.2 Å². The highest BCUT2D eigenvalue weighted by molar-refractivity contribution is 7.99. The number of carbonyl (C=O) groups excluding carboxylic acids is 2. The fourth-order valence-corrected chi connectivity index (χ4v) is 3.86. The number of hydrogen-bond donors (Lipinski definition) is 1. The Kier molecular flexibility index (Phi) is 4.18. The molecule has 0 spiro atoms. The Morgan fingerprint density at radius 1 is 1.08 bits per heavy atom. The molecule has 2 heterocycles. The van der Waals surface area contributed by atoms with E-state index in [1.807, 2.05) is 30.3 Å². The fraction of sp³-hybridized carbons (Fsp3) is 0.0500. The minimum Gasteiger partial charge on any atom is -0.322 e. The van der Waals surface area contributed by atoms with Gasteiger partial charge in [-0.15, -0.1) is 0 Å². The highest BCUT2D eigenvalue weighted by Gasteiger charge is 2.25. The molecule has 0 radical (unpaired) electrons. The zero-order valence-electron chi connectivity index (χ0n) is 14.0. The van der Waals surface area contributed by atoms with E-state index in [1.165, 1.54) is 11.8 Å². The summed E-state index contributed by atoms with van der Waals surface area (Å²) in [7, 11) is 1.74. The van der Waals surface area contributed by atoms with Gasteiger partial charge in [-0.05, 0) is 42.5 Å². The number of benzene rings is 2. The number of rotatable bonds is 2. The molecule has 0 aliphatic carbocycles. The number of anilines is 2. The van der Waals surface area contributed by atoms with Crippen LogP contribution in [0.4, 0.5) is 11.4 Å². The minimum absolute atomic E-state index is 0.0968. The van der Waals surface area contributed by atoms with Crippen LogP contribution >= 0.6 is 11.8 Å². The van der Waals surface area contributed by atoms with Crippen molar-refractivity contribution in [1.29, 1.82) is 0 Å². The topological polar surface area (TPSA) is 62.3 Å². The molecular weight excluding hydrogens is 346 g/mol. The van der Waals surface area contributed by atoms with Crippen molar-refractivity contribution in [2.75, 3.05) is 17.3 Å². The van der Waals surface area contributed by atoms with Crippen molar-refractivity contribution in [2.24, 2.45) is 0 Å². The predicted octanol–water partition coefficient (Wildman–Crippen LogP) is 4.08. The molecule has 0 atom stereocenters. The first kappa shape index (κ1) is 16.4. The summed E-state index contributed by atoms with van der Waals surface area (Å²) in [6.45, 7) is 0. The first-order valence-corrected chi connectivity index (χ1v) is 8.86. The smallest absolute Gasteiger partial charge is 0.260 e. The van der Waals surface area contributed by atoms with Gasteiger partial charge in [0, 0.05) is 29.4 Å². The molecule has 1 N–H and O–H groups in total. The van der Waals surface area contributed by atoms with Crippen molar-refractivity contribution in [3.05, 3.63) is 78.0 Å². The average molecular weight is 361 g/mol. The summed E-state index contributed by atoms with van der Waals surface area (Å²) in [6.07, 6.45) is 1.67. The number of hydrogen-bond acceptors (Lipinski definition) is 4. The first-order chi connectivity index (χ1) is 12.6. The number of aromatic nitrogens is 1. The van der Waals surface area contributed by atoms with E-state index >= 15 is 0 Å². The van der Waals surface area contributed by atoms with E-state index < -0.39 is 0 Å². The van der Waals surface area contributed by atoms with E-state index in [0.29, 0.717) is 21.8 Å². The van der Waals surface area contributed by atoms with Crippen LogP contribution in [0.2, 0.25) is 0 Å². The average Bonchev–Trinajstić information content (AvgIpc) is 2.78. The van der Waals surface area contributed by atoms with Gasteiger partial charge in [-0.25, -0.2) is 4.98 Å². The minimum atomic E-state index is -0.174. The van der Waals surface area contributed by atoms with E-state index in [2.05, 4.69) is 10.3 Å². The van der Waals surface area contributed by atoms with Crippen LogP contribution in [0, 0.1) is 0 Å². The third-order valence-corrected chi connectivity index (χ3v) is 5.19. The summed E-state index contributed by atoms with van der Waals surface area (Å²) in [5, 5.41) is 3.56. The maximum Gasteiger partial charge on any atom is 0.260 e. The molecule has 2 aromatic carbocycles. The van der Waals surface area contributed by atoms with Gasteiger partial charge in [-0.3, -0.25) is 9.59 Å². The van der Waals surface area contributed by atoms with Gasteiger partial charge in [0.2, 0.25) is 0 Å². The molecule has 1 aliphatic rings. The van der Waals surface area contributed by atoms with Gasteiger partial charge in [0.05, 0.1) is 11.3 Å². The third kappa shape index (κ3) is 2.95. The van der Waals surface area contributed by atoms with Gasteiger partial charge in [-0.1, -0.05) is 30.0 Å². The summed E-state index contributed by atoms with van der Waals surface area (Å²) in [6, 6.07) is 18.1. The zero-order valence-corrected chi connectivity index (χ0v) is 14.8. The number of pyridine rings is 1. The van der Waals surface area contributed by atoms with Crippen molar-refractivity contribution >= 4 is 35.0 Å². The molecule has 1 aromatic heterocycles. The second kappa shape index (κ2) is 6.65. The molecule has 0 bridgehead atoms. The number of amides is 2. The van der Waals surface area contributed by atoms with Gasteiger partial charge in [0.1, 0.15) is 5.03 Å². The van der Waals surface area contributed by atoms with Crippen LogP contribution < -0.4 is 10.2 Å². The van der Waals surface area contributed by atoms with Crippen molar-refractivity contribution < 1.29 is 9.59 Å². The van der Waals surface area contributed by atoms with Gasteiger partial charge in [0.25, 0.3) is 11.8 Å². The predicted molar refractivity (Wildman–Crippen MR) is 102 cm³/mol. The number of fused-ring (bicyclic) bond motifs is 2. The maximum atomic E-state index is 12.6. The van der Waals surface area contributed by atoms with E-state index in [9.17, 15) is 9.59 Å². The van der Waals surface area contributed by atoms with Gasteiger partial charge in [0.15, 0.2) is 0 Å². The molecule has 128 valence electrons. The maximum absolute atomic E-state index is 12.6. The van der Waals surface area contributed by atoms with Gasteiger partial charge in [-0.2, -0.15) is 0 Å². The molecule has 1 aliphatic heterocycles. The highest BCUT2D eigenvalue weighted by atomic mass is 32.2. The van der Waals surface area contributed by atoms with Crippen molar-refractivity contribution in [1.82, 2.24) is 4.98 Å². The summed E-state index contributed by atoms with van der Waals surface area (Å²) in [5.41, 5.74) is 2.63. The van der Waals surface area contributed by atoms with Crippen molar-refractivity contribution in [3.63, 3.8) is 0 Å². The molecule has 0 unspecified atom stereocenters. The Morgan fingerprint density at radius 2 is 1.88 bits per heavy atom. The van der Waals surface area contributed by atoms with Crippen molar-refractivity contribution in [3.8, 4) is 0 Å². The molecule has 26 heavy (non-hydrogen) atoms. The normalized spacial score (nSPS) is 12.8. The lowest BCUT2D eigenvalue weighted by Crippen LogP contribution is -2.26. The second-order valence-corrected chi connectivity index (χ2v) is 6.86. The molecule has 0 fully saturated rings. The van der Waals surface area contributed by atoms with Crippen LogP contribution in [0.15, 0.2) is 76.8 Å². The lowest BCUT2D eigenvalue weighted by Gasteiger charge is -2.18. The first-order valence-electron chi connectivity index (χ1n) is 8.05. The van der Waals surface area contributed by atoms with E-state index in [0.717, 1.165) is 10.6 Å². The fourth-order valence-electron chi connectivity index (χ4n) is 2.77. The Hall–Kier alpha value is -3.12. The Bertz CT molecular complexity index is 1000. The van der Waals surface area contributed by atoms with Gasteiger partial charge >= 0.3 is 0 Å². The standard InChI is InChI=1S/C20H15N3O2S/c1-23-16-10-9-14(22-18(24)13-6-3-2-4-7-13)12-17(16)26-19-15(20(23)25)8-5-11-21-19/h2-12H,1H3,(H,22,24). The summed E-state index contributed by atoms with van der Waals surface area (Å²) in [4.78, 5) is 31.8. The van der Waals surface area contributed by atoms with E-state index in [1.54, 1.807) is 48.5 Å². The Morgan fingerprint density at radius 3 is 2.69 bits per heavy atom. The zero-order chi connectivity index (χ0) is 18.1. The molecule has 2 amide bonds. The largest absolute Gasteiger partial charge is 0.322 e. The van der Waals surface area contributed by atoms with Crippen LogP contribution in [0.5, 0.6) is 0 Å². The van der Waals surface area contributed by atoms with Crippen LogP contribution in [0.25, 0.3) is 0 Å². The Balaban J connectivity index is 1.68. The number of carbonyl (C=O) groups is 2. The SMILES string of the molecule is CN1C(=O)c2cccnc2Sc2cc(NC(=O)c3ccccc3)ccc21. The summed E-state index contributed by atoms with van der Waals surface area (Å²) >= 11 is 1.42. The molecule has 4 rings (SSSR count). The molecule has 5 nitrogen and oxygen atoms in total. The van der Waals surface area contributed by atoms with Crippen LogP contribution in [-0.2, 0) is 0 Å². The lowest BCUT2D eigenvalue weighted by molar-refractivity contribution is 0.0987. The van der Waals surface area contributed by atoms with Crippen molar-refractivity contribution in [2.45, 2.75) is 9.92 Å². The van der Waals surface area contributed by atoms with E-state index in [-0.39, 0.29) is 11.8 Å². The monoisotopic (exact) mass is 361 g/mol. The van der Waals surface area contributed by atoms with Crippen LogP contribution in [0.3, 0.4) is 0 Å². The molecule has 6 heteroatoms. The third-order valence-electron chi connectivity index (χ3n) is 4.13.